The molecular weight excluding hydrogens is 568 g/mol. The van der Waals surface area contributed by atoms with Crippen molar-refractivity contribution in [1.82, 2.24) is 29.7 Å². The van der Waals surface area contributed by atoms with E-state index in [4.69, 9.17) is 11.6 Å². The van der Waals surface area contributed by atoms with Crippen LogP contribution in [0.2, 0.25) is 5.02 Å². The van der Waals surface area contributed by atoms with Crippen molar-refractivity contribution in [2.45, 2.75) is 38.9 Å². The van der Waals surface area contributed by atoms with Crippen molar-refractivity contribution in [2.24, 2.45) is 0 Å². The zero-order valence-electron chi connectivity index (χ0n) is 21.6. The van der Waals surface area contributed by atoms with E-state index in [0.29, 0.717) is 36.2 Å². The summed E-state index contributed by atoms with van der Waals surface area (Å²) in [5, 5.41) is 6.26. The van der Waals surface area contributed by atoms with E-state index in [1.807, 2.05) is 6.92 Å². The zero-order chi connectivity index (χ0) is 29.5. The predicted molar refractivity (Wildman–Crippen MR) is 140 cm³/mol. The van der Waals surface area contributed by atoms with Crippen LogP contribution in [0.5, 0.6) is 0 Å². The van der Waals surface area contributed by atoms with Crippen molar-refractivity contribution in [1.29, 1.82) is 0 Å². The Morgan fingerprint density at radius 1 is 1.15 bits per heavy atom. The van der Waals surface area contributed by atoms with Gasteiger partial charge in [0.2, 0.25) is 5.91 Å². The summed E-state index contributed by atoms with van der Waals surface area (Å²) < 4.78 is 56.8. The van der Waals surface area contributed by atoms with Crippen LogP contribution in [-0.4, -0.2) is 48.1 Å². The molecule has 0 aliphatic carbocycles. The van der Waals surface area contributed by atoms with Gasteiger partial charge in [-0.05, 0) is 32.4 Å². The van der Waals surface area contributed by atoms with Crippen LogP contribution >= 0.6 is 11.6 Å². The number of hydrogen-bond donors (Lipinski definition) is 1. The second kappa shape index (κ2) is 10.8. The second-order valence-corrected chi connectivity index (χ2v) is 9.67. The van der Waals surface area contributed by atoms with Gasteiger partial charge in [0.1, 0.15) is 5.69 Å². The maximum Gasteiger partial charge on any atom is 0.417 e. The number of aromatic nitrogens is 6. The van der Waals surface area contributed by atoms with Crippen LogP contribution in [0.15, 0.2) is 43.1 Å². The lowest BCUT2D eigenvalue weighted by atomic mass is 10.0. The summed E-state index contributed by atoms with van der Waals surface area (Å²) in [5.41, 5.74) is -1.67. The van der Waals surface area contributed by atoms with Crippen LogP contribution in [0.1, 0.15) is 53.2 Å². The van der Waals surface area contributed by atoms with Crippen molar-refractivity contribution in [3.63, 3.8) is 0 Å². The van der Waals surface area contributed by atoms with Crippen molar-refractivity contribution >= 4 is 34.9 Å². The summed E-state index contributed by atoms with van der Waals surface area (Å²) in [5.74, 6) is -1.62. The highest BCUT2D eigenvalue weighted by atomic mass is 35.5. The van der Waals surface area contributed by atoms with Crippen molar-refractivity contribution in [3.8, 4) is 11.3 Å². The first kappa shape index (κ1) is 28.1. The van der Waals surface area contributed by atoms with Crippen LogP contribution in [0.4, 0.5) is 29.1 Å². The summed E-state index contributed by atoms with van der Waals surface area (Å²) in [6, 6.07) is 1.03. The maximum atomic E-state index is 14.7. The van der Waals surface area contributed by atoms with E-state index in [9.17, 15) is 27.2 Å². The highest BCUT2D eigenvalue weighted by Crippen LogP contribution is 2.40. The average Bonchev–Trinajstić information content (AvgIpc) is 3.58. The van der Waals surface area contributed by atoms with Gasteiger partial charge in [0, 0.05) is 19.2 Å². The lowest BCUT2D eigenvalue weighted by molar-refractivity contribution is -0.137. The Morgan fingerprint density at radius 3 is 2.61 bits per heavy atom. The molecule has 3 aromatic heterocycles. The molecular formula is C26H21ClF4N8O2. The van der Waals surface area contributed by atoms with Gasteiger partial charge in [-0.15, -0.1) is 0 Å². The third-order valence-electron chi connectivity index (χ3n) is 6.48. The number of rotatable bonds is 6. The third-order valence-corrected chi connectivity index (χ3v) is 6.77. The molecule has 41 heavy (non-hydrogen) atoms. The molecule has 15 heteroatoms. The number of carbonyl (C=O) groups excluding carboxylic acids is 2. The van der Waals surface area contributed by atoms with Gasteiger partial charge in [0.05, 0.1) is 69.7 Å². The lowest BCUT2D eigenvalue weighted by Crippen LogP contribution is -2.26. The van der Waals surface area contributed by atoms with Crippen LogP contribution < -0.4 is 10.2 Å². The molecule has 1 atom stereocenters. The summed E-state index contributed by atoms with van der Waals surface area (Å²) in [7, 11) is 0. The fourth-order valence-electron chi connectivity index (χ4n) is 4.41. The normalized spacial score (nSPS) is 14.4. The Hall–Kier alpha value is -4.46. The first-order valence-electron chi connectivity index (χ1n) is 12.3. The molecule has 0 saturated carbocycles. The molecule has 0 radical (unpaired) electrons. The maximum absolute atomic E-state index is 14.7. The molecule has 1 saturated heterocycles. The molecule has 1 N–H and O–H groups in total. The van der Waals surface area contributed by atoms with Gasteiger partial charge < -0.3 is 5.32 Å². The minimum Gasteiger partial charge on any atom is -0.318 e. The fraction of sp³-hybridized carbons (Fsp3) is 0.269. The van der Waals surface area contributed by atoms with Crippen LogP contribution in [0, 0.1) is 12.7 Å². The molecule has 1 aliphatic heterocycles. The number of anilines is 2. The summed E-state index contributed by atoms with van der Waals surface area (Å²) in [6.07, 6.45) is 2.73. The number of carbonyl (C=O) groups is 2. The van der Waals surface area contributed by atoms with E-state index in [-0.39, 0.29) is 17.3 Å². The molecule has 0 spiro atoms. The van der Waals surface area contributed by atoms with E-state index in [0.717, 1.165) is 24.9 Å². The topological polar surface area (TPSA) is 119 Å². The first-order valence-corrected chi connectivity index (χ1v) is 12.7. The van der Waals surface area contributed by atoms with Gasteiger partial charge in [-0.3, -0.25) is 29.1 Å². The molecule has 1 aliphatic rings. The van der Waals surface area contributed by atoms with Crippen LogP contribution in [0.25, 0.3) is 11.3 Å². The number of halogens is 5. The number of hydrogen-bond acceptors (Lipinski definition) is 7. The van der Waals surface area contributed by atoms with E-state index in [2.05, 4.69) is 30.4 Å². The Balaban J connectivity index is 1.34. The number of amides is 2. The SMILES string of the molecule is Cc1nc(C(C)n2cc(NC(=O)c3cncc(-c4c(C(F)(F)F)ccc(Cl)c4F)n3)cn2)cnc1N1CCCC1=O. The molecule has 2 amide bonds. The lowest BCUT2D eigenvalue weighted by Gasteiger charge is -2.18. The molecule has 1 fully saturated rings. The minimum atomic E-state index is -4.90. The Kier molecular flexibility index (Phi) is 7.43. The van der Waals surface area contributed by atoms with Gasteiger partial charge in [-0.2, -0.15) is 18.3 Å². The molecule has 1 aromatic carbocycles. The van der Waals surface area contributed by atoms with Gasteiger partial charge in [0.15, 0.2) is 11.6 Å². The Labute approximate surface area is 235 Å². The third kappa shape index (κ3) is 5.59. The van der Waals surface area contributed by atoms with Crippen molar-refractivity contribution in [3.05, 3.63) is 76.6 Å². The van der Waals surface area contributed by atoms with Crippen LogP contribution in [-0.2, 0) is 11.0 Å². The standard InChI is InChI=1S/C26H21ClF4N8O2/c1-13-24(38-7-3-4-21(38)40)33-11-18(35-13)14(2)39-12-15(8-34-39)36-25(41)20-10-32-9-19(37-20)22-16(26(29,30)31)5-6-17(27)23(22)28/h5-6,8-12,14H,3-4,7H2,1-2H3,(H,36,41). The Morgan fingerprint density at radius 2 is 1.93 bits per heavy atom. The second-order valence-electron chi connectivity index (χ2n) is 9.26. The number of nitrogens with zero attached hydrogens (tertiary/aromatic N) is 7. The summed E-state index contributed by atoms with van der Waals surface area (Å²) in [6.45, 7) is 4.17. The Bertz CT molecular complexity index is 1660. The smallest absolute Gasteiger partial charge is 0.318 e. The quantitative estimate of drug-likeness (QED) is 0.306. The van der Waals surface area contributed by atoms with Crippen molar-refractivity contribution in [2.75, 3.05) is 16.8 Å². The number of alkyl halides is 3. The average molecular weight is 589 g/mol. The molecule has 0 bridgehead atoms. The van der Waals surface area contributed by atoms with Crippen molar-refractivity contribution < 1.29 is 27.2 Å². The monoisotopic (exact) mass is 588 g/mol. The van der Waals surface area contributed by atoms with E-state index < -0.39 is 45.8 Å². The molecule has 5 rings (SSSR count). The van der Waals surface area contributed by atoms with Gasteiger partial charge in [-0.25, -0.2) is 14.4 Å². The van der Waals surface area contributed by atoms with E-state index in [1.165, 1.54) is 17.1 Å². The van der Waals surface area contributed by atoms with Gasteiger partial charge in [-0.1, -0.05) is 11.6 Å². The van der Waals surface area contributed by atoms with Gasteiger partial charge in [0.25, 0.3) is 5.91 Å². The summed E-state index contributed by atoms with van der Waals surface area (Å²) in [4.78, 5) is 43.2. The van der Waals surface area contributed by atoms with Gasteiger partial charge >= 0.3 is 6.18 Å². The van der Waals surface area contributed by atoms with E-state index >= 15 is 0 Å². The molecule has 212 valence electrons. The predicted octanol–water partition coefficient (Wildman–Crippen LogP) is 5.24. The molecule has 4 heterocycles. The first-order chi connectivity index (χ1) is 19.4. The number of benzene rings is 1. The largest absolute Gasteiger partial charge is 0.417 e. The minimum absolute atomic E-state index is 0.00405. The molecule has 1 unspecified atom stereocenters. The highest BCUT2D eigenvalue weighted by molar-refractivity contribution is 6.31. The van der Waals surface area contributed by atoms with Crippen LogP contribution in [0.3, 0.4) is 0 Å². The molecule has 4 aromatic rings. The zero-order valence-corrected chi connectivity index (χ0v) is 22.3. The number of aryl methyl sites for hydroxylation is 1. The number of nitrogens with one attached hydrogen (secondary N) is 1. The highest BCUT2D eigenvalue weighted by Gasteiger charge is 2.36. The van der Waals surface area contributed by atoms with E-state index in [1.54, 1.807) is 18.0 Å². The fourth-order valence-corrected chi connectivity index (χ4v) is 4.57. The molecule has 10 nitrogen and oxygen atoms in total. The summed E-state index contributed by atoms with van der Waals surface area (Å²) >= 11 is 5.72.